The Labute approximate surface area is 119 Å². The van der Waals surface area contributed by atoms with Crippen molar-refractivity contribution in [3.8, 4) is 0 Å². The lowest BCUT2D eigenvalue weighted by atomic mass is 10.1. The lowest BCUT2D eigenvalue weighted by molar-refractivity contribution is 0.506. The van der Waals surface area contributed by atoms with Crippen molar-refractivity contribution in [2.45, 2.75) is 18.9 Å². The molecular formula is C15H12F2N4. The molecule has 1 N–H and O–H groups in total. The third kappa shape index (κ3) is 1.94. The van der Waals surface area contributed by atoms with Gasteiger partial charge in [0.25, 0.3) is 0 Å². The molecule has 0 saturated carbocycles. The van der Waals surface area contributed by atoms with Crippen LogP contribution in [0.15, 0.2) is 36.8 Å². The maximum Gasteiger partial charge on any atom is 0.159 e. The van der Waals surface area contributed by atoms with Crippen LogP contribution in [0, 0.1) is 11.6 Å². The Kier molecular flexibility index (Phi) is 2.63. The smallest absolute Gasteiger partial charge is 0.159 e. The van der Waals surface area contributed by atoms with E-state index in [1.807, 2.05) is 18.3 Å². The summed E-state index contributed by atoms with van der Waals surface area (Å²) >= 11 is 0. The number of halogens is 2. The predicted molar refractivity (Wildman–Crippen MR) is 74.0 cm³/mol. The van der Waals surface area contributed by atoms with Gasteiger partial charge in [-0.15, -0.1) is 0 Å². The van der Waals surface area contributed by atoms with Crippen molar-refractivity contribution in [3.63, 3.8) is 0 Å². The van der Waals surface area contributed by atoms with Gasteiger partial charge in [-0.05, 0) is 48.2 Å². The minimum Gasteiger partial charge on any atom is -0.361 e. The fourth-order valence-electron chi connectivity index (χ4n) is 2.89. The van der Waals surface area contributed by atoms with Gasteiger partial charge >= 0.3 is 0 Å². The largest absolute Gasteiger partial charge is 0.361 e. The van der Waals surface area contributed by atoms with Gasteiger partial charge in [0.2, 0.25) is 0 Å². The van der Waals surface area contributed by atoms with Crippen molar-refractivity contribution in [1.29, 1.82) is 0 Å². The van der Waals surface area contributed by atoms with Crippen LogP contribution in [0.2, 0.25) is 0 Å². The SMILES string of the molecule is Fc1cc2c(cc1F)C(Nc1ncnn3cccc13)CC2. The second kappa shape index (κ2) is 4.51. The van der Waals surface area contributed by atoms with Crippen LogP contribution in [0.4, 0.5) is 14.6 Å². The number of hydrogen-bond donors (Lipinski definition) is 1. The Morgan fingerprint density at radius 1 is 1.24 bits per heavy atom. The van der Waals surface area contributed by atoms with E-state index >= 15 is 0 Å². The van der Waals surface area contributed by atoms with Gasteiger partial charge in [0.05, 0.1) is 6.04 Å². The zero-order valence-electron chi connectivity index (χ0n) is 11.1. The summed E-state index contributed by atoms with van der Waals surface area (Å²) in [7, 11) is 0. The minimum atomic E-state index is -0.807. The molecule has 0 aliphatic heterocycles. The van der Waals surface area contributed by atoms with Crippen molar-refractivity contribution in [2.75, 3.05) is 5.32 Å². The summed E-state index contributed by atoms with van der Waals surface area (Å²) in [6, 6.07) is 6.30. The monoisotopic (exact) mass is 286 g/mol. The fourth-order valence-corrected chi connectivity index (χ4v) is 2.89. The van der Waals surface area contributed by atoms with Gasteiger partial charge in [-0.1, -0.05) is 0 Å². The topological polar surface area (TPSA) is 42.2 Å². The van der Waals surface area contributed by atoms with Gasteiger partial charge in [-0.2, -0.15) is 5.10 Å². The highest BCUT2D eigenvalue weighted by Gasteiger charge is 2.25. The van der Waals surface area contributed by atoms with Gasteiger partial charge < -0.3 is 5.32 Å². The third-order valence-electron chi connectivity index (χ3n) is 3.90. The van der Waals surface area contributed by atoms with Crippen LogP contribution in [0.25, 0.3) is 5.52 Å². The van der Waals surface area contributed by atoms with Gasteiger partial charge in [0.1, 0.15) is 11.8 Å². The molecule has 1 atom stereocenters. The van der Waals surface area contributed by atoms with Crippen LogP contribution in [0.3, 0.4) is 0 Å². The highest BCUT2D eigenvalue weighted by molar-refractivity contribution is 5.68. The summed E-state index contributed by atoms with van der Waals surface area (Å²) in [6.45, 7) is 0. The summed E-state index contributed by atoms with van der Waals surface area (Å²) < 4.78 is 28.5. The number of nitrogens with one attached hydrogen (secondary N) is 1. The van der Waals surface area contributed by atoms with Gasteiger partial charge in [0, 0.05) is 6.20 Å². The quantitative estimate of drug-likeness (QED) is 0.787. The first-order valence-corrected chi connectivity index (χ1v) is 6.75. The molecule has 3 aromatic rings. The molecule has 4 rings (SSSR count). The van der Waals surface area contributed by atoms with Crippen molar-refractivity contribution >= 4 is 11.3 Å². The van der Waals surface area contributed by atoms with Crippen LogP contribution in [-0.4, -0.2) is 14.6 Å². The molecule has 4 nitrogen and oxygen atoms in total. The molecule has 6 heteroatoms. The number of rotatable bonds is 2. The Balaban J connectivity index is 1.71. The maximum absolute atomic E-state index is 13.5. The molecule has 0 saturated heterocycles. The Morgan fingerprint density at radius 3 is 3.00 bits per heavy atom. The lowest BCUT2D eigenvalue weighted by Gasteiger charge is -2.15. The average molecular weight is 286 g/mol. The molecule has 0 radical (unpaired) electrons. The molecule has 2 heterocycles. The van der Waals surface area contributed by atoms with Gasteiger partial charge in [-0.3, -0.25) is 0 Å². The second-order valence-electron chi connectivity index (χ2n) is 5.15. The molecule has 0 fully saturated rings. The average Bonchev–Trinajstić information content (AvgIpc) is 3.08. The molecule has 0 amide bonds. The Bertz CT molecular complexity index is 828. The molecule has 1 aliphatic carbocycles. The second-order valence-corrected chi connectivity index (χ2v) is 5.15. The number of aromatic nitrogens is 3. The molecular weight excluding hydrogens is 274 g/mol. The first-order valence-electron chi connectivity index (χ1n) is 6.75. The molecule has 0 spiro atoms. The van der Waals surface area contributed by atoms with E-state index in [1.165, 1.54) is 18.5 Å². The molecule has 106 valence electrons. The highest BCUT2D eigenvalue weighted by Crippen LogP contribution is 2.35. The number of hydrogen-bond acceptors (Lipinski definition) is 3. The number of nitrogens with zero attached hydrogens (tertiary/aromatic N) is 3. The molecule has 0 bridgehead atoms. The Hall–Kier alpha value is -2.50. The summed E-state index contributed by atoms with van der Waals surface area (Å²) in [6.07, 6.45) is 4.82. The van der Waals surface area contributed by atoms with E-state index in [2.05, 4.69) is 15.4 Å². The zero-order valence-corrected chi connectivity index (χ0v) is 11.1. The number of benzene rings is 1. The van der Waals surface area contributed by atoms with Crippen molar-refractivity contribution < 1.29 is 8.78 Å². The third-order valence-corrected chi connectivity index (χ3v) is 3.90. The fraction of sp³-hybridized carbons (Fsp3) is 0.200. The van der Waals surface area contributed by atoms with Crippen LogP contribution in [0.1, 0.15) is 23.6 Å². The van der Waals surface area contributed by atoms with Crippen LogP contribution < -0.4 is 5.32 Å². The van der Waals surface area contributed by atoms with E-state index in [0.717, 1.165) is 29.5 Å². The van der Waals surface area contributed by atoms with Gasteiger partial charge in [-0.25, -0.2) is 18.3 Å². The van der Waals surface area contributed by atoms with Crippen molar-refractivity contribution in [1.82, 2.24) is 14.6 Å². The number of anilines is 1. The van der Waals surface area contributed by atoms with Crippen LogP contribution >= 0.6 is 0 Å². The van der Waals surface area contributed by atoms with E-state index < -0.39 is 11.6 Å². The van der Waals surface area contributed by atoms with Gasteiger partial charge in [0.15, 0.2) is 17.5 Å². The van der Waals surface area contributed by atoms with E-state index in [0.29, 0.717) is 5.82 Å². The maximum atomic E-state index is 13.5. The predicted octanol–water partition coefficient (Wildman–Crippen LogP) is 3.11. The highest BCUT2D eigenvalue weighted by atomic mass is 19.2. The molecule has 21 heavy (non-hydrogen) atoms. The number of fused-ring (bicyclic) bond motifs is 2. The van der Waals surface area contributed by atoms with Crippen molar-refractivity contribution in [2.24, 2.45) is 0 Å². The Morgan fingerprint density at radius 2 is 2.10 bits per heavy atom. The minimum absolute atomic E-state index is 0.0660. The standard InChI is InChI=1S/C15H12F2N4/c16-11-6-9-3-4-13(10(9)7-12(11)17)20-15-14-2-1-5-21(14)19-8-18-15/h1-2,5-8,13H,3-4H2,(H,18,19,20). The summed E-state index contributed by atoms with van der Waals surface area (Å²) in [5.41, 5.74) is 2.51. The summed E-state index contributed by atoms with van der Waals surface area (Å²) in [5, 5.41) is 7.41. The summed E-state index contributed by atoms with van der Waals surface area (Å²) in [4.78, 5) is 4.24. The van der Waals surface area contributed by atoms with E-state index in [9.17, 15) is 8.78 Å². The normalized spacial score (nSPS) is 17.1. The molecule has 1 unspecified atom stereocenters. The molecule has 1 aliphatic rings. The van der Waals surface area contributed by atoms with Crippen molar-refractivity contribution in [3.05, 3.63) is 59.6 Å². The van der Waals surface area contributed by atoms with E-state index in [1.54, 1.807) is 4.52 Å². The first kappa shape index (κ1) is 12.3. The summed E-state index contributed by atoms with van der Waals surface area (Å²) in [5.74, 6) is -0.902. The van der Waals surface area contributed by atoms with Crippen LogP contribution in [0.5, 0.6) is 0 Å². The van der Waals surface area contributed by atoms with E-state index in [4.69, 9.17) is 0 Å². The van der Waals surface area contributed by atoms with Crippen LogP contribution in [-0.2, 0) is 6.42 Å². The molecule has 2 aromatic heterocycles. The number of aryl methyl sites for hydroxylation is 1. The first-order chi connectivity index (χ1) is 10.2. The molecule has 1 aromatic carbocycles. The lowest BCUT2D eigenvalue weighted by Crippen LogP contribution is -2.10. The zero-order chi connectivity index (χ0) is 14.4. The van der Waals surface area contributed by atoms with E-state index in [-0.39, 0.29) is 6.04 Å².